The summed E-state index contributed by atoms with van der Waals surface area (Å²) in [5.74, 6) is 0. The highest BCUT2D eigenvalue weighted by Gasteiger charge is 2.70. The van der Waals surface area contributed by atoms with E-state index in [2.05, 4.69) is 76.4 Å². The van der Waals surface area contributed by atoms with E-state index in [1.165, 1.54) is 35.3 Å². The Morgan fingerprint density at radius 2 is 1.56 bits per heavy atom. The van der Waals surface area contributed by atoms with Crippen LogP contribution in [0.3, 0.4) is 0 Å². The molecule has 3 N–H and O–H groups in total. The first-order valence-electron chi connectivity index (χ1n) is 9.43. The van der Waals surface area contributed by atoms with E-state index in [4.69, 9.17) is 0 Å². The molecule has 0 aliphatic carbocycles. The number of hydrogen-bond donors (Lipinski definition) is 3. The first kappa shape index (κ1) is 14.2. The third-order valence-electron chi connectivity index (χ3n) is 7.33. The smallest absolute Gasteiger partial charge is 0.0901 e. The molecule has 2 aromatic carbocycles. The van der Waals surface area contributed by atoms with Gasteiger partial charge < -0.3 is 10.6 Å². The Bertz CT molecular complexity index is 864. The van der Waals surface area contributed by atoms with Gasteiger partial charge in [-0.15, -0.1) is 0 Å². The molecule has 0 saturated carbocycles. The molecule has 4 aliphatic rings. The van der Waals surface area contributed by atoms with Crippen molar-refractivity contribution in [3.05, 3.63) is 59.7 Å². The van der Waals surface area contributed by atoms with E-state index in [0.717, 1.165) is 13.1 Å². The zero-order valence-corrected chi connectivity index (χ0v) is 14.5. The van der Waals surface area contributed by atoms with Crippen molar-refractivity contribution in [2.45, 2.75) is 36.0 Å². The summed E-state index contributed by atoms with van der Waals surface area (Å²) in [4.78, 5) is 2.52. The van der Waals surface area contributed by atoms with Crippen LogP contribution in [0.25, 0.3) is 0 Å². The molecule has 2 saturated heterocycles. The second kappa shape index (κ2) is 4.57. The SMILES string of the molecule is CN1CC[C@@]2([C@]34CCNC3Nc3ccccc34)c3ccccc3NC12. The van der Waals surface area contributed by atoms with Crippen LogP contribution < -0.4 is 16.0 Å². The van der Waals surface area contributed by atoms with Crippen LogP contribution in [0.2, 0.25) is 0 Å². The van der Waals surface area contributed by atoms with Gasteiger partial charge >= 0.3 is 0 Å². The zero-order chi connectivity index (χ0) is 16.6. The third kappa shape index (κ3) is 1.44. The number of fused-ring (bicyclic) bond motifs is 7. The minimum atomic E-state index is 0.0959. The van der Waals surface area contributed by atoms with E-state index >= 15 is 0 Å². The molecular weight excluding hydrogens is 308 g/mol. The standard InChI is InChI=1S/C21H24N4/c1-25-13-11-21(15-7-3-5-9-17(15)24-19(21)25)20-10-12-22-18(20)23-16-8-4-2-6-14(16)20/h2-9,18-19,22-24H,10-13H2,1H3/t18?,19?,20-,21+/m0/s1. The summed E-state index contributed by atoms with van der Waals surface area (Å²) in [5.41, 5.74) is 5.85. The van der Waals surface area contributed by atoms with Gasteiger partial charge in [0.1, 0.15) is 0 Å². The number of hydrogen-bond acceptors (Lipinski definition) is 4. The van der Waals surface area contributed by atoms with Crippen molar-refractivity contribution < 1.29 is 0 Å². The number of benzene rings is 2. The Balaban J connectivity index is 1.67. The lowest BCUT2D eigenvalue weighted by Crippen LogP contribution is -2.59. The lowest BCUT2D eigenvalue weighted by molar-refractivity contribution is 0.170. The molecule has 0 radical (unpaired) electrons. The maximum Gasteiger partial charge on any atom is 0.0901 e. The van der Waals surface area contributed by atoms with Crippen molar-refractivity contribution in [3.8, 4) is 0 Å². The predicted octanol–water partition coefficient (Wildman–Crippen LogP) is 2.69. The number of likely N-dealkylation sites (tertiary alicyclic amines) is 1. The summed E-state index contributed by atoms with van der Waals surface area (Å²) >= 11 is 0. The Morgan fingerprint density at radius 3 is 2.36 bits per heavy atom. The fourth-order valence-corrected chi connectivity index (χ4v) is 6.43. The van der Waals surface area contributed by atoms with Crippen LogP contribution in [-0.4, -0.2) is 37.4 Å². The third-order valence-corrected chi connectivity index (χ3v) is 7.33. The number of para-hydroxylation sites is 2. The summed E-state index contributed by atoms with van der Waals surface area (Å²) in [6.45, 7) is 2.22. The summed E-state index contributed by atoms with van der Waals surface area (Å²) in [7, 11) is 2.27. The van der Waals surface area contributed by atoms with Crippen molar-refractivity contribution >= 4 is 11.4 Å². The van der Waals surface area contributed by atoms with Gasteiger partial charge in [0.15, 0.2) is 0 Å². The summed E-state index contributed by atoms with van der Waals surface area (Å²) in [5, 5.41) is 11.5. The van der Waals surface area contributed by atoms with Crippen molar-refractivity contribution in [2.75, 3.05) is 30.8 Å². The van der Waals surface area contributed by atoms with Crippen LogP contribution in [0.15, 0.2) is 48.5 Å². The molecule has 4 heterocycles. The van der Waals surface area contributed by atoms with E-state index in [0.29, 0.717) is 12.3 Å². The van der Waals surface area contributed by atoms with Crippen LogP contribution in [-0.2, 0) is 10.8 Å². The summed E-state index contributed by atoms with van der Waals surface area (Å²) < 4.78 is 0. The van der Waals surface area contributed by atoms with E-state index in [9.17, 15) is 0 Å². The molecule has 4 atom stereocenters. The normalized spacial score (nSPS) is 37.8. The summed E-state index contributed by atoms with van der Waals surface area (Å²) in [6.07, 6.45) is 3.06. The number of nitrogens with one attached hydrogen (secondary N) is 3. The van der Waals surface area contributed by atoms with Crippen LogP contribution in [0.4, 0.5) is 11.4 Å². The molecule has 0 aromatic heterocycles. The largest absolute Gasteiger partial charge is 0.369 e. The van der Waals surface area contributed by atoms with Gasteiger partial charge in [-0.05, 0) is 49.7 Å². The monoisotopic (exact) mass is 332 g/mol. The van der Waals surface area contributed by atoms with Crippen molar-refractivity contribution in [2.24, 2.45) is 0 Å². The predicted molar refractivity (Wildman–Crippen MR) is 101 cm³/mol. The van der Waals surface area contributed by atoms with Crippen molar-refractivity contribution in [1.82, 2.24) is 10.2 Å². The van der Waals surface area contributed by atoms with Gasteiger partial charge in [0, 0.05) is 28.7 Å². The fraction of sp³-hybridized carbons (Fsp3) is 0.429. The molecule has 4 aliphatic heterocycles. The highest BCUT2D eigenvalue weighted by atomic mass is 15.3. The first-order chi connectivity index (χ1) is 12.3. The molecule has 0 bridgehead atoms. The van der Waals surface area contributed by atoms with E-state index < -0.39 is 0 Å². The second-order valence-electron chi connectivity index (χ2n) is 8.09. The van der Waals surface area contributed by atoms with E-state index in [1.807, 2.05) is 0 Å². The van der Waals surface area contributed by atoms with E-state index in [-0.39, 0.29) is 10.8 Å². The molecule has 2 aromatic rings. The first-order valence-corrected chi connectivity index (χ1v) is 9.43. The van der Waals surface area contributed by atoms with Crippen LogP contribution >= 0.6 is 0 Å². The molecule has 6 rings (SSSR count). The minimum absolute atomic E-state index is 0.0959. The molecule has 4 nitrogen and oxygen atoms in total. The topological polar surface area (TPSA) is 39.3 Å². The highest BCUT2D eigenvalue weighted by Crippen LogP contribution is 2.64. The van der Waals surface area contributed by atoms with E-state index in [1.54, 1.807) is 0 Å². The molecular formula is C21H24N4. The van der Waals surface area contributed by atoms with Crippen molar-refractivity contribution in [3.63, 3.8) is 0 Å². The van der Waals surface area contributed by atoms with Gasteiger partial charge in [-0.1, -0.05) is 36.4 Å². The Morgan fingerprint density at radius 1 is 0.880 bits per heavy atom. The Hall–Kier alpha value is -2.04. The minimum Gasteiger partial charge on any atom is -0.369 e. The zero-order valence-electron chi connectivity index (χ0n) is 14.5. The molecule has 128 valence electrons. The fourth-order valence-electron chi connectivity index (χ4n) is 6.43. The number of likely N-dealkylation sites (N-methyl/N-ethyl adjacent to an activating group) is 1. The molecule has 4 heteroatoms. The van der Waals surface area contributed by atoms with Crippen LogP contribution in [0.1, 0.15) is 24.0 Å². The van der Waals surface area contributed by atoms with Gasteiger partial charge in [0.25, 0.3) is 0 Å². The lowest BCUT2D eigenvalue weighted by Gasteiger charge is -2.47. The van der Waals surface area contributed by atoms with Crippen molar-refractivity contribution in [1.29, 1.82) is 0 Å². The molecule has 25 heavy (non-hydrogen) atoms. The average molecular weight is 332 g/mol. The number of anilines is 2. The number of nitrogens with zero attached hydrogens (tertiary/aromatic N) is 1. The maximum atomic E-state index is 3.87. The molecule has 0 amide bonds. The molecule has 2 unspecified atom stereocenters. The van der Waals surface area contributed by atoms with Gasteiger partial charge in [-0.3, -0.25) is 10.2 Å². The summed E-state index contributed by atoms with van der Waals surface area (Å²) in [6, 6.07) is 18.0. The second-order valence-corrected chi connectivity index (χ2v) is 8.09. The van der Waals surface area contributed by atoms with Gasteiger partial charge in [-0.2, -0.15) is 0 Å². The van der Waals surface area contributed by atoms with Gasteiger partial charge in [-0.25, -0.2) is 0 Å². The van der Waals surface area contributed by atoms with Crippen LogP contribution in [0, 0.1) is 0 Å². The Kier molecular flexibility index (Phi) is 2.59. The maximum absolute atomic E-state index is 3.87. The average Bonchev–Trinajstić information content (AvgIpc) is 3.34. The molecule has 2 fully saturated rings. The highest BCUT2D eigenvalue weighted by molar-refractivity contribution is 5.72. The van der Waals surface area contributed by atoms with Gasteiger partial charge in [0.05, 0.1) is 12.3 Å². The quantitative estimate of drug-likeness (QED) is 0.751. The number of rotatable bonds is 1. The Labute approximate surface area is 148 Å². The van der Waals surface area contributed by atoms with Gasteiger partial charge in [0.2, 0.25) is 0 Å². The molecule has 0 spiro atoms. The lowest BCUT2D eigenvalue weighted by atomic mass is 9.55. The van der Waals surface area contributed by atoms with Crippen LogP contribution in [0.5, 0.6) is 0 Å².